The van der Waals surface area contributed by atoms with Gasteiger partial charge >= 0.3 is 5.97 Å². The summed E-state index contributed by atoms with van der Waals surface area (Å²) in [6.45, 7) is 0. The Morgan fingerprint density at radius 3 is 2.72 bits per heavy atom. The lowest BCUT2D eigenvalue weighted by atomic mass is 10.1. The number of nitrogens with one attached hydrogen (secondary N) is 1. The number of ether oxygens (including phenoxy) is 2. The second-order valence-electron chi connectivity index (χ2n) is 3.54. The second kappa shape index (κ2) is 5.40. The molecule has 0 bridgehead atoms. The number of H-pyrrole nitrogens is 1. The minimum Gasteiger partial charge on any atom is -0.495 e. The highest BCUT2D eigenvalue weighted by atomic mass is 127. The molecular formula is C12H12INO3S. The van der Waals surface area contributed by atoms with Crippen LogP contribution in [0.1, 0.15) is 10.4 Å². The SMILES string of the molecule is COC(=O)c1cc(I)c2[nH]cc(SC)c2c1OC. The van der Waals surface area contributed by atoms with Crippen molar-refractivity contribution in [2.24, 2.45) is 0 Å². The van der Waals surface area contributed by atoms with Crippen LogP contribution in [0.5, 0.6) is 5.75 Å². The third kappa shape index (κ3) is 2.07. The molecular weight excluding hydrogens is 365 g/mol. The van der Waals surface area contributed by atoms with Gasteiger partial charge in [0.25, 0.3) is 0 Å². The number of esters is 1. The lowest BCUT2D eigenvalue weighted by molar-refractivity contribution is 0.0597. The summed E-state index contributed by atoms with van der Waals surface area (Å²) < 4.78 is 11.2. The van der Waals surface area contributed by atoms with Gasteiger partial charge in [0.2, 0.25) is 0 Å². The summed E-state index contributed by atoms with van der Waals surface area (Å²) in [5, 5.41) is 0.928. The highest BCUT2D eigenvalue weighted by Gasteiger charge is 2.21. The number of aromatic amines is 1. The summed E-state index contributed by atoms with van der Waals surface area (Å²) in [7, 11) is 2.93. The zero-order valence-corrected chi connectivity index (χ0v) is 13.1. The molecule has 18 heavy (non-hydrogen) atoms. The lowest BCUT2D eigenvalue weighted by Gasteiger charge is -2.10. The number of aromatic nitrogens is 1. The Balaban J connectivity index is 2.84. The average molecular weight is 377 g/mol. The van der Waals surface area contributed by atoms with Crippen LogP contribution in [0.3, 0.4) is 0 Å². The van der Waals surface area contributed by atoms with Crippen LogP contribution in [0.15, 0.2) is 17.2 Å². The summed E-state index contributed by atoms with van der Waals surface area (Å²) in [5.41, 5.74) is 1.43. The van der Waals surface area contributed by atoms with E-state index in [1.54, 1.807) is 24.9 Å². The summed E-state index contributed by atoms with van der Waals surface area (Å²) in [6, 6.07) is 1.77. The molecule has 6 heteroatoms. The van der Waals surface area contributed by atoms with Gasteiger partial charge in [0.1, 0.15) is 11.3 Å². The fourth-order valence-corrected chi connectivity index (χ4v) is 3.17. The first-order valence-electron chi connectivity index (χ1n) is 5.13. The summed E-state index contributed by atoms with van der Waals surface area (Å²) >= 11 is 3.80. The van der Waals surface area contributed by atoms with Crippen molar-refractivity contribution >= 4 is 51.2 Å². The molecule has 0 radical (unpaired) electrons. The van der Waals surface area contributed by atoms with Crippen molar-refractivity contribution in [2.45, 2.75) is 4.90 Å². The number of methoxy groups -OCH3 is 2. The quantitative estimate of drug-likeness (QED) is 0.507. The summed E-state index contributed by atoms with van der Waals surface area (Å²) in [5.74, 6) is 0.169. The largest absolute Gasteiger partial charge is 0.495 e. The Hall–Kier alpha value is -0.890. The van der Waals surface area contributed by atoms with Crippen molar-refractivity contribution in [3.63, 3.8) is 0 Å². The zero-order chi connectivity index (χ0) is 13.3. The van der Waals surface area contributed by atoms with E-state index in [-0.39, 0.29) is 5.97 Å². The fraction of sp³-hybridized carbons (Fsp3) is 0.250. The highest BCUT2D eigenvalue weighted by Crippen LogP contribution is 2.39. The van der Waals surface area contributed by atoms with E-state index >= 15 is 0 Å². The number of hydrogen-bond donors (Lipinski definition) is 1. The van der Waals surface area contributed by atoms with Crippen LogP contribution < -0.4 is 4.74 Å². The Bertz CT molecular complexity index is 609. The van der Waals surface area contributed by atoms with E-state index in [2.05, 4.69) is 27.6 Å². The highest BCUT2D eigenvalue weighted by molar-refractivity contribution is 14.1. The molecule has 1 N–H and O–H groups in total. The fourth-order valence-electron chi connectivity index (χ4n) is 1.85. The molecule has 0 saturated heterocycles. The monoisotopic (exact) mass is 377 g/mol. The van der Waals surface area contributed by atoms with Crippen molar-refractivity contribution in [1.29, 1.82) is 0 Å². The van der Waals surface area contributed by atoms with E-state index in [1.807, 2.05) is 12.5 Å². The maximum Gasteiger partial charge on any atom is 0.341 e. The van der Waals surface area contributed by atoms with Crippen molar-refractivity contribution in [3.8, 4) is 5.75 Å². The number of carbonyl (C=O) groups is 1. The molecule has 0 spiro atoms. The number of thioether (sulfide) groups is 1. The van der Waals surface area contributed by atoms with Gasteiger partial charge in [0.15, 0.2) is 0 Å². The molecule has 2 rings (SSSR count). The summed E-state index contributed by atoms with van der Waals surface area (Å²) in [6.07, 6.45) is 3.90. The molecule has 0 aliphatic carbocycles. The number of halogens is 1. The molecule has 1 aromatic heterocycles. The number of carbonyl (C=O) groups excluding carboxylic acids is 1. The molecule has 1 aromatic carbocycles. The Morgan fingerprint density at radius 1 is 1.44 bits per heavy atom. The van der Waals surface area contributed by atoms with Crippen molar-refractivity contribution in [3.05, 3.63) is 21.4 Å². The number of rotatable bonds is 3. The molecule has 1 heterocycles. The number of hydrogen-bond acceptors (Lipinski definition) is 4. The average Bonchev–Trinajstić information content (AvgIpc) is 2.82. The van der Waals surface area contributed by atoms with Gasteiger partial charge in [-0.05, 0) is 34.9 Å². The van der Waals surface area contributed by atoms with Gasteiger partial charge in [0, 0.05) is 14.7 Å². The van der Waals surface area contributed by atoms with E-state index in [0.29, 0.717) is 11.3 Å². The van der Waals surface area contributed by atoms with Crippen LogP contribution in [0.4, 0.5) is 0 Å². The third-order valence-electron chi connectivity index (χ3n) is 2.65. The third-order valence-corrected chi connectivity index (χ3v) is 4.27. The van der Waals surface area contributed by atoms with E-state index in [9.17, 15) is 4.79 Å². The predicted molar refractivity (Wildman–Crippen MR) is 80.7 cm³/mol. The van der Waals surface area contributed by atoms with Crippen molar-refractivity contribution < 1.29 is 14.3 Å². The topological polar surface area (TPSA) is 51.3 Å². The van der Waals surface area contributed by atoms with Crippen LogP contribution in [-0.2, 0) is 4.74 Å². The molecule has 96 valence electrons. The maximum atomic E-state index is 11.8. The van der Waals surface area contributed by atoms with Crippen LogP contribution in [-0.4, -0.2) is 31.4 Å². The van der Waals surface area contributed by atoms with Gasteiger partial charge in [-0.3, -0.25) is 0 Å². The van der Waals surface area contributed by atoms with E-state index < -0.39 is 0 Å². The van der Waals surface area contributed by atoms with E-state index in [1.165, 1.54) is 7.11 Å². The minimum atomic E-state index is -0.389. The molecule has 2 aromatic rings. The molecule has 4 nitrogen and oxygen atoms in total. The second-order valence-corrected chi connectivity index (χ2v) is 5.55. The van der Waals surface area contributed by atoms with Crippen LogP contribution in [0, 0.1) is 3.57 Å². The Morgan fingerprint density at radius 2 is 2.17 bits per heavy atom. The van der Waals surface area contributed by atoms with Gasteiger partial charge in [-0.15, -0.1) is 11.8 Å². The molecule has 0 fully saturated rings. The Labute approximate surface area is 123 Å². The van der Waals surface area contributed by atoms with Crippen LogP contribution in [0.25, 0.3) is 10.9 Å². The first-order valence-corrected chi connectivity index (χ1v) is 7.44. The number of fused-ring (bicyclic) bond motifs is 1. The smallest absolute Gasteiger partial charge is 0.341 e. The Kier molecular flexibility index (Phi) is 4.06. The van der Waals surface area contributed by atoms with E-state index in [4.69, 9.17) is 9.47 Å². The minimum absolute atomic E-state index is 0.389. The van der Waals surface area contributed by atoms with Gasteiger partial charge in [0.05, 0.1) is 25.1 Å². The predicted octanol–water partition coefficient (Wildman–Crippen LogP) is 3.29. The van der Waals surface area contributed by atoms with Gasteiger partial charge < -0.3 is 14.5 Å². The molecule has 0 unspecified atom stereocenters. The lowest BCUT2D eigenvalue weighted by Crippen LogP contribution is -2.05. The molecule has 0 aliphatic heterocycles. The molecule has 0 amide bonds. The van der Waals surface area contributed by atoms with Gasteiger partial charge in [-0.1, -0.05) is 0 Å². The molecule has 0 saturated carbocycles. The standard InChI is InChI=1S/C12H12INO3S/c1-16-11-6(12(15)17-2)4-7(13)10-9(11)8(18-3)5-14-10/h4-5,14H,1-3H3. The zero-order valence-electron chi connectivity index (χ0n) is 10.2. The van der Waals surface area contributed by atoms with E-state index in [0.717, 1.165) is 19.4 Å². The molecule has 0 atom stereocenters. The van der Waals surface area contributed by atoms with Crippen LogP contribution >= 0.6 is 34.4 Å². The normalized spacial score (nSPS) is 10.7. The van der Waals surface area contributed by atoms with Gasteiger partial charge in [-0.25, -0.2) is 4.79 Å². The van der Waals surface area contributed by atoms with Crippen molar-refractivity contribution in [2.75, 3.05) is 20.5 Å². The van der Waals surface area contributed by atoms with Gasteiger partial charge in [-0.2, -0.15) is 0 Å². The summed E-state index contributed by atoms with van der Waals surface area (Å²) in [4.78, 5) is 16.0. The van der Waals surface area contributed by atoms with Crippen molar-refractivity contribution in [1.82, 2.24) is 4.98 Å². The van der Waals surface area contributed by atoms with Crippen LogP contribution in [0.2, 0.25) is 0 Å². The molecule has 0 aliphatic rings. The first-order chi connectivity index (χ1) is 8.63. The number of benzene rings is 1. The maximum absolute atomic E-state index is 11.8. The first kappa shape index (κ1) is 13.5.